The van der Waals surface area contributed by atoms with E-state index in [4.69, 9.17) is 5.11 Å². The summed E-state index contributed by atoms with van der Waals surface area (Å²) in [7, 11) is 0. The standard InChI is InChI=1S/C12H16FNO3/c1-12(2,17)10(7-15)14-11(16)8-5-3-4-6-9(8)13/h3-6,10,15,17H,7H2,1-2H3,(H,14,16)/t10-/m0/s1. The Balaban J connectivity index is 2.83. The van der Waals surface area contributed by atoms with Gasteiger partial charge in [0.15, 0.2) is 0 Å². The summed E-state index contributed by atoms with van der Waals surface area (Å²) in [5.41, 5.74) is -1.40. The summed E-state index contributed by atoms with van der Waals surface area (Å²) >= 11 is 0. The summed E-state index contributed by atoms with van der Waals surface area (Å²) in [6, 6.07) is 4.67. The molecule has 3 N–H and O–H groups in total. The number of rotatable bonds is 4. The Kier molecular flexibility index (Phi) is 4.20. The molecule has 0 radical (unpaired) electrons. The zero-order valence-corrected chi connectivity index (χ0v) is 9.77. The maximum atomic E-state index is 13.3. The number of hydrogen-bond donors (Lipinski definition) is 3. The molecule has 0 aliphatic carbocycles. The molecule has 4 nitrogen and oxygen atoms in total. The Hall–Kier alpha value is -1.46. The molecule has 0 fully saturated rings. The zero-order chi connectivity index (χ0) is 13.1. The van der Waals surface area contributed by atoms with E-state index in [2.05, 4.69) is 5.32 Å². The first-order valence-corrected chi connectivity index (χ1v) is 5.25. The molecular formula is C12H16FNO3. The molecule has 1 atom stereocenters. The number of carbonyl (C=O) groups is 1. The first-order valence-electron chi connectivity index (χ1n) is 5.25. The van der Waals surface area contributed by atoms with Crippen LogP contribution in [0.1, 0.15) is 24.2 Å². The van der Waals surface area contributed by atoms with Crippen LogP contribution in [-0.4, -0.2) is 34.4 Å². The molecule has 0 aromatic heterocycles. The normalized spacial score (nSPS) is 13.2. The summed E-state index contributed by atoms with van der Waals surface area (Å²) < 4.78 is 13.3. The van der Waals surface area contributed by atoms with Crippen molar-refractivity contribution < 1.29 is 19.4 Å². The van der Waals surface area contributed by atoms with Crippen LogP contribution in [0.2, 0.25) is 0 Å². The van der Waals surface area contributed by atoms with Gasteiger partial charge in [-0.05, 0) is 26.0 Å². The molecule has 0 saturated carbocycles. The fourth-order valence-corrected chi connectivity index (χ4v) is 1.33. The van der Waals surface area contributed by atoms with Crippen molar-refractivity contribution in [2.75, 3.05) is 6.61 Å². The molecule has 0 spiro atoms. The maximum absolute atomic E-state index is 13.3. The molecule has 1 amide bonds. The third-order valence-corrected chi connectivity index (χ3v) is 2.46. The van der Waals surface area contributed by atoms with E-state index in [0.29, 0.717) is 0 Å². The molecular weight excluding hydrogens is 225 g/mol. The van der Waals surface area contributed by atoms with Crippen molar-refractivity contribution in [3.05, 3.63) is 35.6 Å². The topological polar surface area (TPSA) is 69.6 Å². The maximum Gasteiger partial charge on any atom is 0.254 e. The van der Waals surface area contributed by atoms with E-state index in [1.165, 1.54) is 38.1 Å². The van der Waals surface area contributed by atoms with E-state index in [9.17, 15) is 14.3 Å². The van der Waals surface area contributed by atoms with Gasteiger partial charge >= 0.3 is 0 Å². The number of amides is 1. The largest absolute Gasteiger partial charge is 0.394 e. The minimum absolute atomic E-state index is 0.116. The third kappa shape index (κ3) is 3.51. The van der Waals surface area contributed by atoms with Crippen LogP contribution in [0.5, 0.6) is 0 Å². The molecule has 1 rings (SSSR count). The molecule has 94 valence electrons. The van der Waals surface area contributed by atoms with Crippen molar-refractivity contribution >= 4 is 5.91 Å². The summed E-state index contributed by atoms with van der Waals surface area (Å²) in [5, 5.41) is 21.1. The van der Waals surface area contributed by atoms with Crippen molar-refractivity contribution in [2.24, 2.45) is 0 Å². The monoisotopic (exact) mass is 241 g/mol. The van der Waals surface area contributed by atoms with Gasteiger partial charge in [-0.15, -0.1) is 0 Å². The fraction of sp³-hybridized carbons (Fsp3) is 0.417. The van der Waals surface area contributed by atoms with Crippen LogP contribution in [0.4, 0.5) is 4.39 Å². The van der Waals surface area contributed by atoms with Gasteiger partial charge in [0.25, 0.3) is 5.91 Å². The second-order valence-electron chi connectivity index (χ2n) is 4.34. The van der Waals surface area contributed by atoms with Crippen LogP contribution >= 0.6 is 0 Å². The molecule has 0 heterocycles. The Labute approximate surface area is 99.1 Å². The lowest BCUT2D eigenvalue weighted by molar-refractivity contribution is 0.0144. The molecule has 1 aromatic carbocycles. The highest BCUT2D eigenvalue weighted by molar-refractivity contribution is 5.94. The van der Waals surface area contributed by atoms with Gasteiger partial charge in [0.05, 0.1) is 23.8 Å². The lowest BCUT2D eigenvalue weighted by Gasteiger charge is -2.28. The minimum Gasteiger partial charge on any atom is -0.394 e. The first kappa shape index (κ1) is 13.6. The van der Waals surface area contributed by atoms with E-state index in [1.54, 1.807) is 0 Å². The van der Waals surface area contributed by atoms with Crippen LogP contribution in [0, 0.1) is 5.82 Å². The highest BCUT2D eigenvalue weighted by Crippen LogP contribution is 2.11. The first-order chi connectivity index (χ1) is 7.86. The molecule has 0 aliphatic heterocycles. The van der Waals surface area contributed by atoms with Crippen molar-refractivity contribution in [1.29, 1.82) is 0 Å². The zero-order valence-electron chi connectivity index (χ0n) is 9.77. The average Bonchev–Trinajstić information content (AvgIpc) is 2.24. The van der Waals surface area contributed by atoms with E-state index in [1.807, 2.05) is 0 Å². The van der Waals surface area contributed by atoms with Crippen LogP contribution < -0.4 is 5.32 Å². The lowest BCUT2D eigenvalue weighted by Crippen LogP contribution is -2.51. The quantitative estimate of drug-likeness (QED) is 0.726. The van der Waals surface area contributed by atoms with Crippen molar-refractivity contribution in [3.8, 4) is 0 Å². The highest BCUT2D eigenvalue weighted by atomic mass is 19.1. The molecule has 0 aliphatic rings. The van der Waals surface area contributed by atoms with Gasteiger partial charge in [-0.2, -0.15) is 0 Å². The van der Waals surface area contributed by atoms with Gasteiger partial charge < -0.3 is 15.5 Å². The number of aliphatic hydroxyl groups is 2. The molecule has 0 unspecified atom stereocenters. The van der Waals surface area contributed by atoms with Crippen LogP contribution in [0.15, 0.2) is 24.3 Å². The molecule has 0 saturated heterocycles. The van der Waals surface area contributed by atoms with E-state index < -0.39 is 30.0 Å². The predicted molar refractivity (Wildman–Crippen MR) is 61.0 cm³/mol. The Morgan fingerprint density at radius 3 is 2.53 bits per heavy atom. The van der Waals surface area contributed by atoms with E-state index in [0.717, 1.165) is 0 Å². The third-order valence-electron chi connectivity index (χ3n) is 2.46. The van der Waals surface area contributed by atoms with Crippen LogP contribution in [-0.2, 0) is 0 Å². The van der Waals surface area contributed by atoms with Gasteiger partial charge in [0, 0.05) is 0 Å². The number of halogens is 1. The smallest absolute Gasteiger partial charge is 0.254 e. The lowest BCUT2D eigenvalue weighted by atomic mass is 9.99. The van der Waals surface area contributed by atoms with Crippen molar-refractivity contribution in [1.82, 2.24) is 5.32 Å². The predicted octanol–water partition coefficient (Wildman–Crippen LogP) is 0.687. The number of aliphatic hydroxyl groups excluding tert-OH is 1. The highest BCUT2D eigenvalue weighted by Gasteiger charge is 2.28. The van der Waals surface area contributed by atoms with Gasteiger partial charge in [-0.25, -0.2) is 4.39 Å². The average molecular weight is 241 g/mol. The fourth-order valence-electron chi connectivity index (χ4n) is 1.33. The van der Waals surface area contributed by atoms with Crippen LogP contribution in [0.3, 0.4) is 0 Å². The number of nitrogens with one attached hydrogen (secondary N) is 1. The summed E-state index contributed by atoms with van der Waals surface area (Å²) in [6.45, 7) is 2.48. The number of hydrogen-bond acceptors (Lipinski definition) is 3. The van der Waals surface area contributed by atoms with E-state index >= 15 is 0 Å². The molecule has 5 heteroatoms. The molecule has 17 heavy (non-hydrogen) atoms. The second kappa shape index (κ2) is 5.25. The minimum atomic E-state index is -1.28. The summed E-state index contributed by atoms with van der Waals surface area (Å²) in [5.74, 6) is -1.30. The van der Waals surface area contributed by atoms with Gasteiger partial charge in [-0.1, -0.05) is 12.1 Å². The van der Waals surface area contributed by atoms with Crippen molar-refractivity contribution in [3.63, 3.8) is 0 Å². The van der Waals surface area contributed by atoms with Crippen molar-refractivity contribution in [2.45, 2.75) is 25.5 Å². The Morgan fingerprint density at radius 2 is 2.06 bits per heavy atom. The van der Waals surface area contributed by atoms with Gasteiger partial charge in [0.1, 0.15) is 5.82 Å². The Bertz CT molecular complexity index is 401. The SMILES string of the molecule is CC(C)(O)[C@H](CO)NC(=O)c1ccccc1F. The summed E-state index contributed by atoms with van der Waals surface area (Å²) in [6.07, 6.45) is 0. The van der Waals surface area contributed by atoms with Crippen LogP contribution in [0.25, 0.3) is 0 Å². The summed E-state index contributed by atoms with van der Waals surface area (Å²) in [4.78, 5) is 11.7. The number of carbonyl (C=O) groups excluding carboxylic acids is 1. The number of benzene rings is 1. The molecule has 1 aromatic rings. The van der Waals surface area contributed by atoms with Gasteiger partial charge in [0.2, 0.25) is 0 Å². The second-order valence-corrected chi connectivity index (χ2v) is 4.34. The molecule has 0 bridgehead atoms. The Morgan fingerprint density at radius 1 is 1.47 bits per heavy atom. The van der Waals surface area contributed by atoms with Gasteiger partial charge in [-0.3, -0.25) is 4.79 Å². The van der Waals surface area contributed by atoms with E-state index in [-0.39, 0.29) is 5.56 Å².